The highest BCUT2D eigenvalue weighted by molar-refractivity contribution is 9.10. The van der Waals surface area contributed by atoms with Gasteiger partial charge >= 0.3 is 0 Å². The lowest BCUT2D eigenvalue weighted by Crippen LogP contribution is -2.04. The number of pyridine rings is 1. The summed E-state index contributed by atoms with van der Waals surface area (Å²) >= 11 is 5.01. The van der Waals surface area contributed by atoms with Crippen molar-refractivity contribution < 1.29 is 4.21 Å². The maximum Gasteiger partial charge on any atom is 0.183 e. The fourth-order valence-electron chi connectivity index (χ4n) is 1.68. The van der Waals surface area contributed by atoms with Gasteiger partial charge in [0.15, 0.2) is 9.99 Å². The molecule has 0 amide bonds. The Balaban J connectivity index is 2.47. The Bertz CT molecular complexity index is 595. The van der Waals surface area contributed by atoms with Crippen LogP contribution in [0, 0.1) is 5.92 Å². The van der Waals surface area contributed by atoms with Gasteiger partial charge in [-0.1, -0.05) is 20.8 Å². The third kappa shape index (κ3) is 2.81. The summed E-state index contributed by atoms with van der Waals surface area (Å²) in [6, 6.07) is 0. The summed E-state index contributed by atoms with van der Waals surface area (Å²) in [5.41, 5.74) is 1.91. The zero-order valence-corrected chi connectivity index (χ0v) is 13.8. The van der Waals surface area contributed by atoms with Gasteiger partial charge in [0.25, 0.3) is 0 Å². The quantitative estimate of drug-likeness (QED) is 0.845. The molecule has 0 saturated heterocycles. The standard InChI is InChI=1S/C12H15BrN2OS2/c1-4-8-9(13)5-14-11-10(8)17-12(15-11)18(16)6-7(2)3/h5,7H,4,6H2,1-3H3. The van der Waals surface area contributed by atoms with Crippen LogP contribution in [0.5, 0.6) is 0 Å². The average molecular weight is 347 g/mol. The van der Waals surface area contributed by atoms with Crippen LogP contribution in [0.15, 0.2) is 15.0 Å². The molecule has 1 unspecified atom stereocenters. The Labute approximate surface area is 122 Å². The van der Waals surface area contributed by atoms with E-state index in [1.165, 1.54) is 16.9 Å². The molecule has 0 aliphatic rings. The lowest BCUT2D eigenvalue weighted by atomic mass is 10.2. The first-order chi connectivity index (χ1) is 8.52. The first kappa shape index (κ1) is 14.1. The van der Waals surface area contributed by atoms with E-state index < -0.39 is 10.8 Å². The van der Waals surface area contributed by atoms with Gasteiger partial charge in [-0.25, -0.2) is 9.97 Å². The van der Waals surface area contributed by atoms with E-state index in [2.05, 4.69) is 46.7 Å². The van der Waals surface area contributed by atoms with Crippen LogP contribution in [0.25, 0.3) is 10.3 Å². The molecule has 98 valence electrons. The monoisotopic (exact) mass is 346 g/mol. The van der Waals surface area contributed by atoms with Crippen molar-refractivity contribution in [2.45, 2.75) is 31.5 Å². The number of aryl methyl sites for hydroxylation is 1. The second-order valence-electron chi connectivity index (χ2n) is 4.48. The highest BCUT2D eigenvalue weighted by atomic mass is 79.9. The lowest BCUT2D eigenvalue weighted by molar-refractivity contribution is 0.664. The summed E-state index contributed by atoms with van der Waals surface area (Å²) in [4.78, 5) is 8.69. The largest absolute Gasteiger partial charge is 0.252 e. The Morgan fingerprint density at radius 2 is 2.22 bits per heavy atom. The van der Waals surface area contributed by atoms with Gasteiger partial charge in [-0.05, 0) is 33.8 Å². The number of thiazole rings is 1. The van der Waals surface area contributed by atoms with E-state index in [1.54, 1.807) is 6.20 Å². The summed E-state index contributed by atoms with van der Waals surface area (Å²) in [6.07, 6.45) is 2.69. The molecule has 6 heteroatoms. The van der Waals surface area contributed by atoms with Crippen molar-refractivity contribution in [1.82, 2.24) is 9.97 Å². The van der Waals surface area contributed by atoms with Crippen molar-refractivity contribution in [1.29, 1.82) is 0 Å². The van der Waals surface area contributed by atoms with Crippen LogP contribution in [0.1, 0.15) is 26.3 Å². The van der Waals surface area contributed by atoms with Crippen molar-refractivity contribution in [3.8, 4) is 0 Å². The van der Waals surface area contributed by atoms with E-state index in [9.17, 15) is 4.21 Å². The highest BCUT2D eigenvalue weighted by Gasteiger charge is 2.16. The molecule has 2 heterocycles. The molecule has 2 aromatic rings. The molecule has 0 aliphatic carbocycles. The topological polar surface area (TPSA) is 42.9 Å². The minimum Gasteiger partial charge on any atom is -0.252 e. The lowest BCUT2D eigenvalue weighted by Gasteiger charge is -2.00. The normalized spacial score (nSPS) is 13.4. The summed E-state index contributed by atoms with van der Waals surface area (Å²) < 4.78 is 14.9. The Hall–Kier alpha value is -0.330. The first-order valence-electron chi connectivity index (χ1n) is 5.85. The van der Waals surface area contributed by atoms with Gasteiger partial charge in [-0.15, -0.1) is 11.3 Å². The number of hydrogen-bond acceptors (Lipinski definition) is 4. The van der Waals surface area contributed by atoms with Gasteiger partial charge in [0.05, 0.1) is 15.5 Å². The smallest absolute Gasteiger partial charge is 0.183 e. The van der Waals surface area contributed by atoms with Crippen LogP contribution in [-0.4, -0.2) is 19.9 Å². The van der Waals surface area contributed by atoms with Crippen LogP contribution >= 0.6 is 27.3 Å². The predicted octanol–water partition coefficient (Wildman–Crippen LogP) is 3.78. The van der Waals surface area contributed by atoms with Crippen molar-refractivity contribution >= 4 is 48.4 Å². The summed E-state index contributed by atoms with van der Waals surface area (Å²) in [6.45, 7) is 6.24. The number of halogens is 1. The van der Waals surface area contributed by atoms with Crippen molar-refractivity contribution in [2.24, 2.45) is 5.92 Å². The maximum atomic E-state index is 12.1. The maximum absolute atomic E-state index is 12.1. The van der Waals surface area contributed by atoms with Crippen LogP contribution in [0.3, 0.4) is 0 Å². The predicted molar refractivity (Wildman–Crippen MR) is 80.6 cm³/mol. The molecule has 2 rings (SSSR count). The second kappa shape index (κ2) is 5.75. The average Bonchev–Trinajstić information content (AvgIpc) is 2.72. The van der Waals surface area contributed by atoms with Gasteiger partial charge in [0.1, 0.15) is 0 Å². The fourth-order valence-corrected chi connectivity index (χ4v) is 5.03. The first-order valence-corrected chi connectivity index (χ1v) is 8.78. The Morgan fingerprint density at radius 1 is 1.50 bits per heavy atom. The highest BCUT2D eigenvalue weighted by Crippen LogP contribution is 2.31. The molecule has 18 heavy (non-hydrogen) atoms. The summed E-state index contributed by atoms with van der Waals surface area (Å²) in [5, 5.41) is 0. The van der Waals surface area contributed by atoms with Crippen LogP contribution in [0.4, 0.5) is 0 Å². The Kier molecular flexibility index (Phi) is 4.50. The van der Waals surface area contributed by atoms with Gasteiger partial charge in [-0.2, -0.15) is 0 Å². The summed E-state index contributed by atoms with van der Waals surface area (Å²) in [5.74, 6) is 1.06. The number of hydrogen-bond donors (Lipinski definition) is 0. The van der Waals surface area contributed by atoms with Gasteiger partial charge in [0, 0.05) is 16.4 Å². The molecule has 0 aliphatic heterocycles. The molecule has 0 bridgehead atoms. The molecular formula is C12H15BrN2OS2. The number of aromatic nitrogens is 2. The van der Waals surface area contributed by atoms with Crippen LogP contribution in [0.2, 0.25) is 0 Å². The van der Waals surface area contributed by atoms with Crippen molar-refractivity contribution in [3.63, 3.8) is 0 Å². The molecule has 0 saturated carbocycles. The number of fused-ring (bicyclic) bond motifs is 1. The minimum absolute atomic E-state index is 0.406. The SMILES string of the molecule is CCc1c(Br)cnc2nc(S(=O)CC(C)C)sc12. The third-order valence-corrected chi connectivity index (χ3v) is 6.33. The summed E-state index contributed by atoms with van der Waals surface area (Å²) in [7, 11) is -1.01. The molecule has 1 atom stereocenters. The molecular weight excluding hydrogens is 332 g/mol. The molecule has 0 spiro atoms. The van der Waals surface area contributed by atoms with Crippen LogP contribution < -0.4 is 0 Å². The molecule has 2 aromatic heterocycles. The zero-order chi connectivity index (χ0) is 13.3. The Morgan fingerprint density at radius 3 is 2.83 bits per heavy atom. The van der Waals surface area contributed by atoms with Gasteiger partial charge in [0.2, 0.25) is 0 Å². The van der Waals surface area contributed by atoms with Gasteiger partial charge < -0.3 is 0 Å². The third-order valence-electron chi connectivity index (χ3n) is 2.49. The minimum atomic E-state index is -1.01. The van der Waals surface area contributed by atoms with Crippen molar-refractivity contribution in [3.05, 3.63) is 16.2 Å². The van der Waals surface area contributed by atoms with Crippen LogP contribution in [-0.2, 0) is 17.2 Å². The molecule has 3 nitrogen and oxygen atoms in total. The van der Waals surface area contributed by atoms with E-state index in [4.69, 9.17) is 0 Å². The van der Waals surface area contributed by atoms with Crippen molar-refractivity contribution in [2.75, 3.05) is 5.75 Å². The van der Waals surface area contributed by atoms with E-state index in [1.807, 2.05) is 0 Å². The molecule has 0 radical (unpaired) electrons. The van der Waals surface area contributed by atoms with Gasteiger partial charge in [-0.3, -0.25) is 4.21 Å². The zero-order valence-electron chi connectivity index (χ0n) is 10.6. The molecule has 0 N–H and O–H groups in total. The fraction of sp³-hybridized carbons (Fsp3) is 0.500. The molecule has 0 fully saturated rings. The van der Waals surface area contributed by atoms with E-state index in [0.29, 0.717) is 21.7 Å². The van der Waals surface area contributed by atoms with E-state index in [0.717, 1.165) is 15.6 Å². The molecule has 0 aromatic carbocycles. The number of nitrogens with zero attached hydrogens (tertiary/aromatic N) is 2. The number of rotatable bonds is 4. The van der Waals surface area contributed by atoms with E-state index in [-0.39, 0.29) is 0 Å². The van der Waals surface area contributed by atoms with E-state index >= 15 is 0 Å². The second-order valence-corrected chi connectivity index (χ2v) is 8.00.